The van der Waals surface area contributed by atoms with Crippen molar-refractivity contribution in [2.24, 2.45) is 0 Å². The van der Waals surface area contributed by atoms with Gasteiger partial charge in [0.25, 0.3) is 11.8 Å². The second kappa shape index (κ2) is 10.6. The number of carbonyl (C=O) groups is 3. The zero-order chi connectivity index (χ0) is 23.8. The third-order valence-electron chi connectivity index (χ3n) is 4.13. The molecule has 1 heterocycles. The molecule has 0 unspecified atom stereocenters. The predicted octanol–water partition coefficient (Wildman–Crippen LogP) is 3.22. The Hall–Kier alpha value is -3.93. The molecule has 4 N–H and O–H groups in total. The van der Waals surface area contributed by atoms with Crippen LogP contribution in [0.15, 0.2) is 60.0 Å². The fraction of sp³-hybridized carbons (Fsp3) is 0.143. The van der Waals surface area contributed by atoms with Crippen LogP contribution in [0.25, 0.3) is 0 Å². The standard InChI is InChI=1S/C21H18F3N5O3S/c22-21(23,24)14-7-4-8-15(9-14)25-11-18(31)29-28-17(30)10-16-12-33-20(26-16)27-19(32)13-5-2-1-3-6-13/h1-9,12,25H,10-11H2,(H,28,30)(H,29,31)(H,26,27,32). The van der Waals surface area contributed by atoms with E-state index in [1.807, 2.05) is 0 Å². The molecule has 0 aliphatic rings. The molecule has 0 fully saturated rings. The maximum atomic E-state index is 12.7. The highest BCUT2D eigenvalue weighted by atomic mass is 32.1. The van der Waals surface area contributed by atoms with Crippen LogP contribution < -0.4 is 21.5 Å². The highest BCUT2D eigenvalue weighted by molar-refractivity contribution is 7.14. The average Bonchev–Trinajstić information content (AvgIpc) is 3.23. The van der Waals surface area contributed by atoms with E-state index in [0.717, 1.165) is 23.5 Å². The molecule has 172 valence electrons. The number of nitrogens with one attached hydrogen (secondary N) is 4. The molecule has 8 nitrogen and oxygen atoms in total. The number of hydrazine groups is 1. The predicted molar refractivity (Wildman–Crippen MR) is 116 cm³/mol. The normalized spacial score (nSPS) is 10.9. The Kier molecular flexibility index (Phi) is 7.61. The summed E-state index contributed by atoms with van der Waals surface area (Å²) < 4.78 is 38.2. The van der Waals surface area contributed by atoms with Crippen molar-refractivity contribution in [2.45, 2.75) is 12.6 Å². The summed E-state index contributed by atoms with van der Waals surface area (Å²) in [7, 11) is 0. The number of rotatable bonds is 7. The highest BCUT2D eigenvalue weighted by Gasteiger charge is 2.30. The summed E-state index contributed by atoms with van der Waals surface area (Å²) in [6.45, 7) is -0.353. The summed E-state index contributed by atoms with van der Waals surface area (Å²) in [6, 6.07) is 13.0. The second-order valence-electron chi connectivity index (χ2n) is 6.67. The lowest BCUT2D eigenvalue weighted by Crippen LogP contribution is -2.44. The summed E-state index contributed by atoms with van der Waals surface area (Å²) in [6.07, 6.45) is -4.65. The van der Waals surface area contributed by atoms with E-state index in [0.29, 0.717) is 16.4 Å². The first-order valence-corrected chi connectivity index (χ1v) is 10.4. The van der Waals surface area contributed by atoms with Gasteiger partial charge in [0, 0.05) is 16.6 Å². The number of hydrogen-bond acceptors (Lipinski definition) is 6. The average molecular weight is 477 g/mol. The third-order valence-corrected chi connectivity index (χ3v) is 4.94. The van der Waals surface area contributed by atoms with Crippen LogP contribution >= 0.6 is 11.3 Å². The van der Waals surface area contributed by atoms with Gasteiger partial charge in [-0.25, -0.2) is 4.98 Å². The molecule has 0 saturated carbocycles. The van der Waals surface area contributed by atoms with Gasteiger partial charge in [-0.1, -0.05) is 24.3 Å². The molecule has 12 heteroatoms. The van der Waals surface area contributed by atoms with Gasteiger partial charge in [0.15, 0.2) is 5.13 Å². The van der Waals surface area contributed by atoms with Crippen LogP contribution in [-0.2, 0) is 22.2 Å². The molecular weight excluding hydrogens is 459 g/mol. The smallest absolute Gasteiger partial charge is 0.376 e. The third kappa shape index (κ3) is 7.31. The zero-order valence-corrected chi connectivity index (χ0v) is 17.7. The minimum absolute atomic E-state index is 0.110. The van der Waals surface area contributed by atoms with Crippen LogP contribution in [0.1, 0.15) is 21.6 Å². The van der Waals surface area contributed by atoms with E-state index >= 15 is 0 Å². The van der Waals surface area contributed by atoms with Gasteiger partial charge in [0.1, 0.15) is 0 Å². The van der Waals surface area contributed by atoms with Crippen LogP contribution in [0.2, 0.25) is 0 Å². The topological polar surface area (TPSA) is 112 Å². The fourth-order valence-electron chi connectivity index (χ4n) is 2.58. The van der Waals surface area contributed by atoms with Gasteiger partial charge in [-0.05, 0) is 30.3 Å². The molecule has 0 aliphatic carbocycles. The van der Waals surface area contributed by atoms with Gasteiger partial charge < -0.3 is 5.32 Å². The van der Waals surface area contributed by atoms with Crippen molar-refractivity contribution in [3.8, 4) is 0 Å². The van der Waals surface area contributed by atoms with Gasteiger partial charge in [-0.3, -0.25) is 30.6 Å². The number of amides is 3. The number of hydrogen-bond donors (Lipinski definition) is 4. The lowest BCUT2D eigenvalue weighted by atomic mass is 10.2. The maximum Gasteiger partial charge on any atom is 0.416 e. The number of anilines is 2. The van der Waals surface area contributed by atoms with Crippen molar-refractivity contribution in [1.82, 2.24) is 15.8 Å². The summed E-state index contributed by atoms with van der Waals surface area (Å²) in [5, 5.41) is 7.10. The Balaban J connectivity index is 1.41. The quantitative estimate of drug-likeness (QED) is 0.391. The Morgan fingerprint density at radius 1 is 0.939 bits per heavy atom. The molecule has 0 spiro atoms. The minimum atomic E-state index is -4.49. The molecule has 2 aromatic carbocycles. The van der Waals surface area contributed by atoms with E-state index < -0.39 is 23.6 Å². The molecule has 0 radical (unpaired) electrons. The first kappa shape index (κ1) is 23.7. The molecule has 0 bridgehead atoms. The molecule has 0 aliphatic heterocycles. The van der Waals surface area contributed by atoms with E-state index in [2.05, 4.69) is 26.5 Å². The molecular formula is C21H18F3N5O3S. The number of thiazole rings is 1. The van der Waals surface area contributed by atoms with E-state index in [4.69, 9.17) is 0 Å². The Morgan fingerprint density at radius 3 is 2.39 bits per heavy atom. The number of alkyl halides is 3. The minimum Gasteiger partial charge on any atom is -0.376 e. The second-order valence-corrected chi connectivity index (χ2v) is 7.53. The number of halogens is 3. The number of carbonyl (C=O) groups excluding carboxylic acids is 3. The molecule has 1 aromatic heterocycles. The fourth-order valence-corrected chi connectivity index (χ4v) is 3.29. The van der Waals surface area contributed by atoms with Crippen molar-refractivity contribution in [3.05, 3.63) is 76.8 Å². The Morgan fingerprint density at radius 2 is 1.67 bits per heavy atom. The van der Waals surface area contributed by atoms with Crippen molar-refractivity contribution >= 4 is 39.9 Å². The van der Waals surface area contributed by atoms with Crippen LogP contribution in [0, 0.1) is 0 Å². The molecule has 0 saturated heterocycles. The number of nitrogens with zero attached hydrogens (tertiary/aromatic N) is 1. The zero-order valence-electron chi connectivity index (χ0n) is 16.9. The lowest BCUT2D eigenvalue weighted by Gasteiger charge is -2.11. The summed E-state index contributed by atoms with van der Waals surface area (Å²) in [4.78, 5) is 40.1. The van der Waals surface area contributed by atoms with Gasteiger partial charge >= 0.3 is 6.18 Å². The van der Waals surface area contributed by atoms with E-state index in [9.17, 15) is 27.6 Å². The molecule has 3 rings (SSSR count). The highest BCUT2D eigenvalue weighted by Crippen LogP contribution is 2.30. The van der Waals surface area contributed by atoms with Gasteiger partial charge in [-0.15, -0.1) is 11.3 Å². The van der Waals surface area contributed by atoms with Crippen LogP contribution in [-0.4, -0.2) is 29.3 Å². The molecule has 0 atom stereocenters. The number of benzene rings is 2. The van der Waals surface area contributed by atoms with Crippen molar-refractivity contribution in [1.29, 1.82) is 0 Å². The van der Waals surface area contributed by atoms with E-state index in [-0.39, 0.29) is 24.6 Å². The molecule has 33 heavy (non-hydrogen) atoms. The largest absolute Gasteiger partial charge is 0.416 e. The van der Waals surface area contributed by atoms with E-state index in [1.165, 1.54) is 12.1 Å². The van der Waals surface area contributed by atoms with Crippen LogP contribution in [0.5, 0.6) is 0 Å². The van der Waals surface area contributed by atoms with Crippen molar-refractivity contribution in [2.75, 3.05) is 17.2 Å². The monoisotopic (exact) mass is 477 g/mol. The maximum absolute atomic E-state index is 12.7. The SMILES string of the molecule is O=C(CNc1cccc(C(F)(F)F)c1)NNC(=O)Cc1csc(NC(=O)c2ccccc2)n1. The van der Waals surface area contributed by atoms with Gasteiger partial charge in [0.05, 0.1) is 24.2 Å². The summed E-state index contributed by atoms with van der Waals surface area (Å²) in [5.41, 5.74) is 4.48. The first-order chi connectivity index (χ1) is 15.7. The van der Waals surface area contributed by atoms with Crippen LogP contribution in [0.3, 0.4) is 0 Å². The summed E-state index contributed by atoms with van der Waals surface area (Å²) >= 11 is 1.15. The Labute approximate surface area is 190 Å². The van der Waals surface area contributed by atoms with Crippen molar-refractivity contribution < 1.29 is 27.6 Å². The Bertz CT molecular complexity index is 1140. The van der Waals surface area contributed by atoms with Crippen LogP contribution in [0.4, 0.5) is 24.0 Å². The van der Waals surface area contributed by atoms with E-state index in [1.54, 1.807) is 35.7 Å². The van der Waals surface area contributed by atoms with Gasteiger partial charge in [0.2, 0.25) is 5.91 Å². The first-order valence-electron chi connectivity index (χ1n) is 9.50. The molecule has 3 aromatic rings. The van der Waals surface area contributed by atoms with Crippen molar-refractivity contribution in [3.63, 3.8) is 0 Å². The molecule has 3 amide bonds. The lowest BCUT2D eigenvalue weighted by molar-refractivity contribution is -0.137. The summed E-state index contributed by atoms with van der Waals surface area (Å²) in [5.74, 6) is -1.55. The van der Waals surface area contributed by atoms with Gasteiger partial charge in [-0.2, -0.15) is 13.2 Å². The number of aromatic nitrogens is 1.